The minimum atomic E-state index is -0.385. The van der Waals surface area contributed by atoms with Gasteiger partial charge in [0.05, 0.1) is 11.4 Å². The molecule has 2 aromatic heterocycles. The van der Waals surface area contributed by atoms with Gasteiger partial charge in [0.2, 0.25) is 5.91 Å². The predicted octanol–water partition coefficient (Wildman–Crippen LogP) is 4.09. The number of para-hydroxylation sites is 1. The van der Waals surface area contributed by atoms with Gasteiger partial charge in [-0.3, -0.25) is 9.36 Å². The Morgan fingerprint density at radius 1 is 0.944 bits per heavy atom. The quantitative estimate of drug-likeness (QED) is 0.368. The highest BCUT2D eigenvalue weighted by atomic mass is 16.5. The molecular weight excluding hydrogens is 456 g/mol. The molecule has 0 fully saturated rings. The van der Waals surface area contributed by atoms with Gasteiger partial charge in [0.15, 0.2) is 11.5 Å². The Morgan fingerprint density at radius 3 is 2.39 bits per heavy atom. The maximum absolute atomic E-state index is 13.8. The Kier molecular flexibility index (Phi) is 5.79. The summed E-state index contributed by atoms with van der Waals surface area (Å²) in [6.07, 6.45) is 2.54. The number of benzene rings is 3. The number of hydrogen-bond acceptors (Lipinski definition) is 6. The molecule has 0 saturated carbocycles. The number of anilines is 2. The van der Waals surface area contributed by atoms with E-state index in [4.69, 9.17) is 10.5 Å². The summed E-state index contributed by atoms with van der Waals surface area (Å²) in [6, 6.07) is 23.5. The Labute approximate surface area is 206 Å². The lowest BCUT2D eigenvalue weighted by atomic mass is 10.2. The van der Waals surface area contributed by atoms with Gasteiger partial charge in [-0.25, -0.2) is 19.3 Å². The van der Waals surface area contributed by atoms with Crippen LogP contribution in [-0.4, -0.2) is 32.1 Å². The second-order valence-corrected chi connectivity index (χ2v) is 7.91. The monoisotopic (exact) mass is 478 g/mol. The molecule has 178 valence electrons. The smallest absolute Gasteiger partial charge is 0.339 e. The number of ether oxygens (including phenoxy) is 1. The fourth-order valence-corrected chi connectivity index (χ4v) is 3.91. The Balaban J connectivity index is 1.62. The number of nitrogen functional groups attached to an aromatic ring is 1. The summed E-state index contributed by atoms with van der Waals surface area (Å²) in [4.78, 5) is 35.8. The molecule has 0 atom stereocenters. The summed E-state index contributed by atoms with van der Waals surface area (Å²) in [6.45, 7) is 3.53. The van der Waals surface area contributed by atoms with E-state index < -0.39 is 0 Å². The van der Waals surface area contributed by atoms with E-state index in [0.717, 1.165) is 0 Å². The van der Waals surface area contributed by atoms with Crippen LogP contribution in [0, 0.1) is 0 Å². The fourth-order valence-electron chi connectivity index (χ4n) is 3.91. The summed E-state index contributed by atoms with van der Waals surface area (Å²) >= 11 is 0. The molecule has 0 aliphatic heterocycles. The van der Waals surface area contributed by atoms with Gasteiger partial charge in [0.1, 0.15) is 23.3 Å². The number of aromatic nitrogens is 4. The number of fused-ring (bicyclic) bond motifs is 1. The first-order valence-corrected chi connectivity index (χ1v) is 11.1. The molecule has 5 rings (SSSR count). The van der Waals surface area contributed by atoms with Gasteiger partial charge in [-0.1, -0.05) is 30.8 Å². The van der Waals surface area contributed by atoms with Gasteiger partial charge in [-0.15, -0.1) is 0 Å². The standard InChI is InChI=1S/C27H22N6O3/c1-3-23(34)31(2)19-8-7-9-20(16-19)33-26-24(25(28)29-17-30-26)32(27(33)35)18-12-14-22(15-13-18)36-21-10-5-4-6-11-21/h3-17H,1H2,2H3,(H2,28,29,30). The van der Waals surface area contributed by atoms with Gasteiger partial charge in [0, 0.05) is 12.7 Å². The molecule has 0 aliphatic rings. The number of carbonyl (C=O) groups is 1. The van der Waals surface area contributed by atoms with Crippen molar-refractivity contribution >= 4 is 28.6 Å². The summed E-state index contributed by atoms with van der Waals surface area (Å²) in [5, 5.41) is 0. The Hall–Kier alpha value is -5.18. The van der Waals surface area contributed by atoms with Crippen LogP contribution in [0.3, 0.4) is 0 Å². The minimum absolute atomic E-state index is 0.163. The molecule has 2 N–H and O–H groups in total. The molecule has 3 aromatic carbocycles. The van der Waals surface area contributed by atoms with Crippen LogP contribution >= 0.6 is 0 Å². The van der Waals surface area contributed by atoms with Crippen molar-refractivity contribution in [1.82, 2.24) is 19.1 Å². The highest BCUT2D eigenvalue weighted by molar-refractivity contribution is 6.00. The van der Waals surface area contributed by atoms with Gasteiger partial charge in [-0.05, 0) is 60.7 Å². The van der Waals surface area contributed by atoms with Crippen molar-refractivity contribution in [2.24, 2.45) is 0 Å². The van der Waals surface area contributed by atoms with E-state index in [1.54, 1.807) is 55.6 Å². The third-order valence-corrected chi connectivity index (χ3v) is 5.70. The number of imidazole rings is 1. The van der Waals surface area contributed by atoms with Crippen molar-refractivity contribution < 1.29 is 9.53 Å². The van der Waals surface area contributed by atoms with E-state index in [9.17, 15) is 9.59 Å². The molecule has 0 unspecified atom stereocenters. The Bertz CT molecular complexity index is 1640. The molecule has 36 heavy (non-hydrogen) atoms. The number of nitrogens with two attached hydrogens (primary N) is 1. The van der Waals surface area contributed by atoms with E-state index in [1.165, 1.54) is 26.4 Å². The maximum Gasteiger partial charge on any atom is 0.339 e. The number of amides is 1. The second kappa shape index (κ2) is 9.22. The van der Waals surface area contributed by atoms with E-state index in [0.29, 0.717) is 39.7 Å². The zero-order valence-corrected chi connectivity index (χ0v) is 19.4. The molecule has 9 heteroatoms. The van der Waals surface area contributed by atoms with Crippen molar-refractivity contribution in [2.75, 3.05) is 17.7 Å². The van der Waals surface area contributed by atoms with Crippen molar-refractivity contribution in [3.63, 3.8) is 0 Å². The van der Waals surface area contributed by atoms with Gasteiger partial charge >= 0.3 is 5.69 Å². The van der Waals surface area contributed by atoms with E-state index >= 15 is 0 Å². The molecular formula is C27H22N6O3. The zero-order chi connectivity index (χ0) is 25.2. The molecule has 0 radical (unpaired) electrons. The van der Waals surface area contributed by atoms with Crippen LogP contribution in [0.5, 0.6) is 11.5 Å². The van der Waals surface area contributed by atoms with Crippen LogP contribution in [-0.2, 0) is 4.79 Å². The summed E-state index contributed by atoms with van der Waals surface area (Å²) in [7, 11) is 1.63. The first-order chi connectivity index (χ1) is 17.5. The van der Waals surface area contributed by atoms with E-state index in [-0.39, 0.29) is 17.4 Å². The lowest BCUT2D eigenvalue weighted by Crippen LogP contribution is -2.25. The topological polar surface area (TPSA) is 108 Å². The lowest BCUT2D eigenvalue weighted by molar-refractivity contribution is -0.113. The predicted molar refractivity (Wildman–Crippen MR) is 139 cm³/mol. The second-order valence-electron chi connectivity index (χ2n) is 7.91. The number of likely N-dealkylation sites (N-methyl/N-ethyl adjacent to an activating group) is 1. The first kappa shape index (κ1) is 22.6. The molecule has 9 nitrogen and oxygen atoms in total. The molecule has 0 aliphatic carbocycles. The number of carbonyl (C=O) groups excluding carboxylic acids is 1. The average molecular weight is 479 g/mol. The SMILES string of the molecule is C=CC(=O)N(C)c1cccc(-n2c(=O)n(-c3ccc(Oc4ccccc4)cc3)c3c(N)ncnc32)c1. The third-order valence-electron chi connectivity index (χ3n) is 5.70. The van der Waals surface area contributed by atoms with Crippen LogP contribution in [0.15, 0.2) is 103 Å². The fraction of sp³-hybridized carbons (Fsp3) is 0.0370. The maximum atomic E-state index is 13.8. The van der Waals surface area contributed by atoms with Crippen molar-refractivity contribution in [3.05, 3.63) is 108 Å². The summed E-state index contributed by atoms with van der Waals surface area (Å²) in [5.74, 6) is 1.21. The molecule has 0 spiro atoms. The van der Waals surface area contributed by atoms with Crippen molar-refractivity contribution in [1.29, 1.82) is 0 Å². The van der Waals surface area contributed by atoms with E-state index in [2.05, 4.69) is 16.5 Å². The van der Waals surface area contributed by atoms with Crippen LogP contribution in [0.2, 0.25) is 0 Å². The van der Waals surface area contributed by atoms with Crippen LogP contribution < -0.4 is 21.1 Å². The molecule has 5 aromatic rings. The number of rotatable bonds is 6. The average Bonchev–Trinajstić information content (AvgIpc) is 3.22. The highest BCUT2D eigenvalue weighted by Crippen LogP contribution is 2.27. The van der Waals surface area contributed by atoms with Gasteiger partial charge < -0.3 is 15.4 Å². The number of hydrogen-bond donors (Lipinski definition) is 1. The molecule has 2 heterocycles. The van der Waals surface area contributed by atoms with Gasteiger partial charge in [-0.2, -0.15) is 0 Å². The van der Waals surface area contributed by atoms with Crippen molar-refractivity contribution in [3.8, 4) is 22.9 Å². The van der Waals surface area contributed by atoms with Gasteiger partial charge in [0.25, 0.3) is 0 Å². The molecule has 1 amide bonds. The third kappa shape index (κ3) is 3.98. The zero-order valence-electron chi connectivity index (χ0n) is 19.4. The van der Waals surface area contributed by atoms with Crippen LogP contribution in [0.25, 0.3) is 22.5 Å². The summed E-state index contributed by atoms with van der Waals surface area (Å²) in [5.41, 5.74) is 8.22. The summed E-state index contributed by atoms with van der Waals surface area (Å²) < 4.78 is 8.77. The molecule has 0 bridgehead atoms. The lowest BCUT2D eigenvalue weighted by Gasteiger charge is -2.16. The Morgan fingerprint density at radius 2 is 1.67 bits per heavy atom. The van der Waals surface area contributed by atoms with Crippen LogP contribution in [0.1, 0.15) is 0 Å². The van der Waals surface area contributed by atoms with Crippen LogP contribution in [0.4, 0.5) is 11.5 Å². The van der Waals surface area contributed by atoms with E-state index in [1.807, 2.05) is 30.3 Å². The van der Waals surface area contributed by atoms with Crippen molar-refractivity contribution in [2.45, 2.75) is 0 Å². The highest BCUT2D eigenvalue weighted by Gasteiger charge is 2.21. The largest absolute Gasteiger partial charge is 0.457 e. The number of nitrogens with zero attached hydrogens (tertiary/aromatic N) is 5. The molecule has 0 saturated heterocycles. The minimum Gasteiger partial charge on any atom is -0.457 e. The first-order valence-electron chi connectivity index (χ1n) is 11.1. The normalized spacial score (nSPS) is 10.8.